The summed E-state index contributed by atoms with van der Waals surface area (Å²) in [6.07, 6.45) is 6.95. The van der Waals surface area contributed by atoms with Gasteiger partial charge in [0.2, 0.25) is 0 Å². The van der Waals surface area contributed by atoms with Gasteiger partial charge in [0, 0.05) is 19.4 Å². The van der Waals surface area contributed by atoms with Gasteiger partial charge in [-0.15, -0.1) is 0 Å². The van der Waals surface area contributed by atoms with Crippen LogP contribution in [0.3, 0.4) is 0 Å². The van der Waals surface area contributed by atoms with E-state index >= 15 is 0 Å². The first kappa shape index (κ1) is 27.0. The number of likely N-dealkylation sites (tertiary alicyclic amines) is 1. The number of halogens is 2. The van der Waals surface area contributed by atoms with Gasteiger partial charge in [0.15, 0.2) is 0 Å². The van der Waals surface area contributed by atoms with Crippen molar-refractivity contribution < 1.29 is 28.6 Å². The number of benzene rings is 1. The lowest BCUT2D eigenvalue weighted by Crippen LogP contribution is -2.36. The van der Waals surface area contributed by atoms with Crippen molar-refractivity contribution in [2.24, 2.45) is 5.92 Å². The number of aliphatic carboxylic acids is 1. The Morgan fingerprint density at radius 3 is 2.67 bits per heavy atom. The highest BCUT2D eigenvalue weighted by Gasteiger charge is 2.52. The van der Waals surface area contributed by atoms with Crippen LogP contribution in [-0.2, 0) is 16.0 Å². The zero-order valence-corrected chi connectivity index (χ0v) is 19.7. The van der Waals surface area contributed by atoms with Gasteiger partial charge in [0.25, 0.3) is 5.91 Å². The molecule has 184 valence electrons. The van der Waals surface area contributed by atoms with Gasteiger partial charge < -0.3 is 15.1 Å². The van der Waals surface area contributed by atoms with Crippen LogP contribution >= 0.6 is 0 Å². The number of nitrogens with zero attached hydrogens (tertiary/aromatic N) is 1. The molecule has 5 nitrogen and oxygen atoms in total. The number of hydrogen-bond acceptors (Lipinski definition) is 3. The maximum atomic E-state index is 14.0. The lowest BCUT2D eigenvalue weighted by molar-refractivity contribution is -0.148. The third kappa shape index (κ3) is 8.88. The number of aliphatic hydroxyl groups is 1. The third-order valence-electron chi connectivity index (χ3n) is 6.30. The molecule has 0 spiro atoms. The van der Waals surface area contributed by atoms with Gasteiger partial charge >= 0.3 is 11.9 Å². The number of unbranched alkanes of at least 4 members (excludes halogenated alkanes) is 3. The van der Waals surface area contributed by atoms with E-state index in [2.05, 4.69) is 25.1 Å². The minimum atomic E-state index is -3.39. The van der Waals surface area contributed by atoms with Gasteiger partial charge in [-0.3, -0.25) is 9.59 Å². The molecule has 3 atom stereocenters. The van der Waals surface area contributed by atoms with Gasteiger partial charge in [-0.05, 0) is 50.5 Å². The van der Waals surface area contributed by atoms with E-state index in [-0.39, 0.29) is 18.9 Å². The van der Waals surface area contributed by atoms with E-state index in [0.29, 0.717) is 25.7 Å². The molecule has 0 aromatic heterocycles. The fourth-order valence-corrected chi connectivity index (χ4v) is 4.27. The van der Waals surface area contributed by atoms with Crippen molar-refractivity contribution in [2.75, 3.05) is 6.54 Å². The molecule has 1 aromatic carbocycles. The first-order chi connectivity index (χ1) is 15.6. The molecule has 7 heteroatoms. The number of carbonyl (C=O) groups excluding carboxylic acids is 1. The van der Waals surface area contributed by atoms with E-state index in [0.717, 1.165) is 19.3 Å². The predicted octanol–water partition coefficient (Wildman–Crippen LogP) is 5.14. The van der Waals surface area contributed by atoms with Crippen LogP contribution in [0.25, 0.3) is 0 Å². The van der Waals surface area contributed by atoms with E-state index in [1.165, 1.54) is 16.0 Å². The Balaban J connectivity index is 1.82. The standard InChI is InChI=1S/C26H37F2NO4/c1-19-9-7-11-21(17-19)12-8-10-20(2)23(30)15-14-22-18-26(27,28)25(33)29(22)16-6-4-3-5-13-24(31)32/h7,9,11,14-15,17,20,22-23,30H,3-6,8,10,12-13,16,18H2,1-2H3,(H,31,32)/t20-,22-,23-/m0/s1. The maximum Gasteiger partial charge on any atom is 0.327 e. The number of hydrogen-bond donors (Lipinski definition) is 2. The van der Waals surface area contributed by atoms with E-state index < -0.39 is 36.4 Å². The van der Waals surface area contributed by atoms with Crippen LogP contribution in [0.2, 0.25) is 0 Å². The first-order valence-electron chi connectivity index (χ1n) is 11.9. The number of alkyl halides is 2. The number of carboxylic acid groups (broad SMARTS) is 1. The Morgan fingerprint density at radius 2 is 1.97 bits per heavy atom. The highest BCUT2D eigenvalue weighted by atomic mass is 19.3. The van der Waals surface area contributed by atoms with Crippen molar-refractivity contribution in [3.05, 3.63) is 47.5 Å². The number of carboxylic acids is 1. The zero-order valence-electron chi connectivity index (χ0n) is 19.7. The van der Waals surface area contributed by atoms with E-state index in [9.17, 15) is 23.5 Å². The fourth-order valence-electron chi connectivity index (χ4n) is 4.27. The molecule has 1 fully saturated rings. The average molecular weight is 466 g/mol. The van der Waals surface area contributed by atoms with Crippen molar-refractivity contribution in [3.63, 3.8) is 0 Å². The molecule has 0 unspecified atom stereocenters. The summed E-state index contributed by atoms with van der Waals surface area (Å²) in [5, 5.41) is 19.2. The minimum absolute atomic E-state index is 0.0219. The SMILES string of the molecule is Cc1cccc(CCC[C@H](C)[C@@H](O)C=C[C@H]2CC(F)(F)C(=O)N2CCCCCCC(=O)O)c1. The summed E-state index contributed by atoms with van der Waals surface area (Å²) >= 11 is 0. The molecule has 1 amide bonds. The normalized spacial score (nSPS) is 19.8. The largest absolute Gasteiger partial charge is 0.481 e. The van der Waals surface area contributed by atoms with E-state index in [1.807, 2.05) is 13.0 Å². The summed E-state index contributed by atoms with van der Waals surface area (Å²) in [7, 11) is 0. The van der Waals surface area contributed by atoms with E-state index in [1.54, 1.807) is 12.2 Å². The molecular weight excluding hydrogens is 428 g/mol. The van der Waals surface area contributed by atoms with Crippen molar-refractivity contribution in [1.82, 2.24) is 4.90 Å². The summed E-state index contributed by atoms with van der Waals surface area (Å²) in [4.78, 5) is 23.9. The molecule has 0 bridgehead atoms. The summed E-state index contributed by atoms with van der Waals surface area (Å²) in [6, 6.07) is 7.60. The Kier molecular flexibility index (Phi) is 10.5. The summed E-state index contributed by atoms with van der Waals surface area (Å²) in [5.74, 6) is -5.42. The molecule has 0 saturated carbocycles. The van der Waals surface area contributed by atoms with Crippen molar-refractivity contribution in [2.45, 2.75) is 89.7 Å². The monoisotopic (exact) mass is 465 g/mol. The Hall–Kier alpha value is -2.28. The quantitative estimate of drug-likeness (QED) is 0.295. The van der Waals surface area contributed by atoms with Crippen LogP contribution in [0.15, 0.2) is 36.4 Å². The molecule has 1 aliphatic rings. The smallest absolute Gasteiger partial charge is 0.327 e. The topological polar surface area (TPSA) is 77.8 Å². The number of rotatable bonds is 14. The van der Waals surface area contributed by atoms with Crippen LogP contribution in [-0.4, -0.2) is 51.6 Å². The summed E-state index contributed by atoms with van der Waals surface area (Å²) in [6.45, 7) is 4.20. The summed E-state index contributed by atoms with van der Waals surface area (Å²) in [5.41, 5.74) is 2.48. The molecule has 2 N–H and O–H groups in total. The molecule has 1 heterocycles. The highest BCUT2D eigenvalue weighted by Crippen LogP contribution is 2.34. The molecule has 1 aromatic rings. The molecule has 0 aliphatic carbocycles. The molecule has 2 rings (SSSR count). The van der Waals surface area contributed by atoms with Crippen molar-refractivity contribution >= 4 is 11.9 Å². The lowest BCUT2D eigenvalue weighted by atomic mass is 9.95. The van der Waals surface area contributed by atoms with Gasteiger partial charge in [-0.1, -0.05) is 61.7 Å². The lowest BCUT2D eigenvalue weighted by Gasteiger charge is -2.22. The number of aliphatic hydroxyl groups excluding tert-OH is 1. The second kappa shape index (κ2) is 12.8. The van der Waals surface area contributed by atoms with Gasteiger partial charge in [0.1, 0.15) is 0 Å². The number of amides is 1. The average Bonchev–Trinajstić information content (AvgIpc) is 2.96. The van der Waals surface area contributed by atoms with Gasteiger partial charge in [-0.2, -0.15) is 8.78 Å². The highest BCUT2D eigenvalue weighted by molar-refractivity contribution is 5.86. The number of aryl methyl sites for hydroxylation is 2. The van der Waals surface area contributed by atoms with Crippen molar-refractivity contribution in [1.29, 1.82) is 0 Å². The van der Waals surface area contributed by atoms with Crippen LogP contribution < -0.4 is 0 Å². The predicted molar refractivity (Wildman–Crippen MR) is 124 cm³/mol. The van der Waals surface area contributed by atoms with Crippen LogP contribution in [0.1, 0.15) is 69.4 Å². The second-order valence-electron chi connectivity index (χ2n) is 9.27. The number of carbonyl (C=O) groups is 2. The Labute approximate surface area is 195 Å². The zero-order chi connectivity index (χ0) is 24.4. The molecule has 33 heavy (non-hydrogen) atoms. The summed E-state index contributed by atoms with van der Waals surface area (Å²) < 4.78 is 28.1. The maximum absolute atomic E-state index is 14.0. The Bertz CT molecular complexity index is 811. The third-order valence-corrected chi connectivity index (χ3v) is 6.30. The molecule has 1 saturated heterocycles. The molecular formula is C26H37F2NO4. The van der Waals surface area contributed by atoms with Gasteiger partial charge in [-0.25, -0.2) is 0 Å². The van der Waals surface area contributed by atoms with Crippen LogP contribution in [0, 0.1) is 12.8 Å². The van der Waals surface area contributed by atoms with Gasteiger partial charge in [0.05, 0.1) is 12.1 Å². The first-order valence-corrected chi connectivity index (χ1v) is 11.9. The van der Waals surface area contributed by atoms with Crippen molar-refractivity contribution in [3.8, 4) is 0 Å². The van der Waals surface area contributed by atoms with Crippen LogP contribution in [0.4, 0.5) is 8.78 Å². The molecule has 0 radical (unpaired) electrons. The fraction of sp³-hybridized carbons (Fsp3) is 0.615. The Morgan fingerprint density at radius 1 is 1.24 bits per heavy atom. The molecule has 1 aliphatic heterocycles. The van der Waals surface area contributed by atoms with Crippen LogP contribution in [0.5, 0.6) is 0 Å². The minimum Gasteiger partial charge on any atom is -0.481 e. The second-order valence-corrected chi connectivity index (χ2v) is 9.27. The van der Waals surface area contributed by atoms with E-state index in [4.69, 9.17) is 5.11 Å².